The Bertz CT molecular complexity index is 857. The summed E-state index contributed by atoms with van der Waals surface area (Å²) in [5.41, 5.74) is 0.0100. The van der Waals surface area contributed by atoms with Gasteiger partial charge in [0.15, 0.2) is 6.61 Å². The van der Waals surface area contributed by atoms with Gasteiger partial charge in [0.05, 0.1) is 11.0 Å². The molecule has 0 aliphatic carbocycles. The third-order valence-corrected chi connectivity index (χ3v) is 3.91. The fourth-order valence-electron chi connectivity index (χ4n) is 2.18. The molecule has 1 amide bonds. The number of esters is 1. The SMILES string of the molecule is C[C@H](NC(=O)COC(=O)c1ccc(Cl)cc1[N+](=O)[O-])c1cccc(Cl)c1. The van der Waals surface area contributed by atoms with E-state index < -0.39 is 29.1 Å². The minimum atomic E-state index is -0.987. The van der Waals surface area contributed by atoms with E-state index in [1.54, 1.807) is 31.2 Å². The summed E-state index contributed by atoms with van der Waals surface area (Å²) in [5.74, 6) is -1.54. The second-order valence-electron chi connectivity index (χ2n) is 5.34. The molecule has 9 heteroatoms. The molecular formula is C17H14Cl2N2O5. The smallest absolute Gasteiger partial charge is 0.345 e. The number of hydrogen-bond acceptors (Lipinski definition) is 5. The summed E-state index contributed by atoms with van der Waals surface area (Å²) in [6, 6.07) is 10.1. The predicted molar refractivity (Wildman–Crippen MR) is 96.4 cm³/mol. The molecule has 0 saturated carbocycles. The Morgan fingerprint density at radius 1 is 1.19 bits per heavy atom. The minimum Gasteiger partial charge on any atom is -0.452 e. The first-order valence-corrected chi connectivity index (χ1v) is 8.19. The molecule has 1 atom stereocenters. The Kier molecular flexibility index (Phi) is 6.54. The van der Waals surface area contributed by atoms with Crippen molar-refractivity contribution in [1.82, 2.24) is 5.32 Å². The monoisotopic (exact) mass is 396 g/mol. The van der Waals surface area contributed by atoms with E-state index in [0.29, 0.717) is 5.02 Å². The largest absolute Gasteiger partial charge is 0.452 e. The molecule has 2 aromatic rings. The number of halogens is 2. The second-order valence-corrected chi connectivity index (χ2v) is 6.21. The third-order valence-electron chi connectivity index (χ3n) is 3.44. The fourth-order valence-corrected chi connectivity index (χ4v) is 2.54. The molecule has 136 valence electrons. The molecule has 7 nitrogen and oxygen atoms in total. The molecule has 0 fully saturated rings. The van der Waals surface area contributed by atoms with Crippen LogP contribution in [0.3, 0.4) is 0 Å². The normalized spacial score (nSPS) is 11.5. The highest BCUT2D eigenvalue weighted by molar-refractivity contribution is 6.31. The molecular weight excluding hydrogens is 383 g/mol. The van der Waals surface area contributed by atoms with E-state index in [4.69, 9.17) is 27.9 Å². The highest BCUT2D eigenvalue weighted by Crippen LogP contribution is 2.24. The van der Waals surface area contributed by atoms with E-state index in [0.717, 1.165) is 11.6 Å². The quantitative estimate of drug-likeness (QED) is 0.452. The molecule has 0 aliphatic heterocycles. The first kappa shape index (κ1) is 19.7. The molecule has 0 unspecified atom stereocenters. The Morgan fingerprint density at radius 2 is 1.88 bits per heavy atom. The number of nitrogens with zero attached hydrogens (tertiary/aromatic N) is 1. The molecule has 2 aromatic carbocycles. The van der Waals surface area contributed by atoms with Crippen LogP contribution in [0.4, 0.5) is 5.69 Å². The molecule has 0 aliphatic rings. The highest BCUT2D eigenvalue weighted by atomic mass is 35.5. The van der Waals surface area contributed by atoms with Crippen LogP contribution in [0.25, 0.3) is 0 Å². The average molecular weight is 397 g/mol. The second kappa shape index (κ2) is 8.64. The summed E-state index contributed by atoms with van der Waals surface area (Å²) in [6.45, 7) is 1.17. The summed E-state index contributed by atoms with van der Waals surface area (Å²) in [5, 5.41) is 14.3. The van der Waals surface area contributed by atoms with E-state index in [2.05, 4.69) is 5.32 Å². The van der Waals surface area contributed by atoms with Crippen molar-refractivity contribution in [1.29, 1.82) is 0 Å². The molecule has 0 bridgehead atoms. The number of amides is 1. The lowest BCUT2D eigenvalue weighted by Gasteiger charge is -2.14. The number of nitrogens with one attached hydrogen (secondary N) is 1. The van der Waals surface area contributed by atoms with E-state index in [1.807, 2.05) is 0 Å². The van der Waals surface area contributed by atoms with Gasteiger partial charge in [-0.15, -0.1) is 0 Å². The number of carbonyl (C=O) groups excluding carboxylic acids is 2. The van der Waals surface area contributed by atoms with E-state index >= 15 is 0 Å². The summed E-state index contributed by atoms with van der Waals surface area (Å²) >= 11 is 11.6. The van der Waals surface area contributed by atoms with Crippen LogP contribution in [-0.4, -0.2) is 23.4 Å². The first-order chi connectivity index (χ1) is 12.3. The Balaban J connectivity index is 1.97. The molecule has 0 saturated heterocycles. The van der Waals surface area contributed by atoms with Crippen LogP contribution in [0.2, 0.25) is 10.0 Å². The van der Waals surface area contributed by atoms with Crippen molar-refractivity contribution >= 4 is 40.8 Å². The van der Waals surface area contributed by atoms with Crippen molar-refractivity contribution in [3.8, 4) is 0 Å². The van der Waals surface area contributed by atoms with Gasteiger partial charge in [0.25, 0.3) is 11.6 Å². The Labute approximate surface area is 159 Å². The van der Waals surface area contributed by atoms with E-state index in [1.165, 1.54) is 12.1 Å². The van der Waals surface area contributed by atoms with Crippen molar-refractivity contribution in [2.24, 2.45) is 0 Å². The van der Waals surface area contributed by atoms with Crippen LogP contribution in [0, 0.1) is 10.1 Å². The zero-order valence-corrected chi connectivity index (χ0v) is 15.1. The number of carbonyl (C=O) groups is 2. The number of benzene rings is 2. The maximum Gasteiger partial charge on any atom is 0.345 e. The van der Waals surface area contributed by atoms with Crippen molar-refractivity contribution in [3.05, 3.63) is 73.8 Å². The van der Waals surface area contributed by atoms with Crippen molar-refractivity contribution in [2.75, 3.05) is 6.61 Å². The lowest BCUT2D eigenvalue weighted by atomic mass is 10.1. The molecule has 2 rings (SSSR count). The standard InChI is InChI=1S/C17H14Cl2N2O5/c1-10(11-3-2-4-12(18)7-11)20-16(22)9-26-17(23)14-6-5-13(19)8-15(14)21(24)25/h2-8,10H,9H2,1H3,(H,20,22)/t10-/m0/s1. The van der Waals surface area contributed by atoms with Crippen LogP contribution in [0.15, 0.2) is 42.5 Å². The van der Waals surface area contributed by atoms with Gasteiger partial charge in [-0.3, -0.25) is 14.9 Å². The molecule has 26 heavy (non-hydrogen) atoms. The van der Waals surface area contributed by atoms with Crippen molar-refractivity contribution in [2.45, 2.75) is 13.0 Å². The van der Waals surface area contributed by atoms with Crippen molar-refractivity contribution in [3.63, 3.8) is 0 Å². The summed E-state index contributed by atoms with van der Waals surface area (Å²) in [6.07, 6.45) is 0. The van der Waals surface area contributed by atoms with Gasteiger partial charge in [-0.25, -0.2) is 4.79 Å². The number of hydrogen-bond donors (Lipinski definition) is 1. The number of nitro benzene ring substituents is 1. The maximum atomic E-state index is 12.0. The van der Waals surface area contributed by atoms with Gasteiger partial charge in [0.1, 0.15) is 5.56 Å². The zero-order valence-electron chi connectivity index (χ0n) is 13.6. The lowest BCUT2D eigenvalue weighted by Crippen LogP contribution is -2.31. The van der Waals surface area contributed by atoms with Crippen LogP contribution < -0.4 is 5.32 Å². The number of nitro groups is 1. The summed E-state index contributed by atoms with van der Waals surface area (Å²) in [4.78, 5) is 34.2. The van der Waals surface area contributed by atoms with Crippen molar-refractivity contribution < 1.29 is 19.2 Å². The molecule has 0 aromatic heterocycles. The third kappa shape index (κ3) is 5.18. The average Bonchev–Trinajstić information content (AvgIpc) is 2.59. The summed E-state index contributed by atoms with van der Waals surface area (Å²) < 4.78 is 4.86. The van der Waals surface area contributed by atoms with Crippen LogP contribution in [0.1, 0.15) is 28.9 Å². The Morgan fingerprint density at radius 3 is 2.54 bits per heavy atom. The lowest BCUT2D eigenvalue weighted by molar-refractivity contribution is -0.385. The van der Waals surface area contributed by atoms with Gasteiger partial charge >= 0.3 is 5.97 Å². The van der Waals surface area contributed by atoms with Crippen LogP contribution >= 0.6 is 23.2 Å². The maximum absolute atomic E-state index is 12.0. The molecule has 0 spiro atoms. The van der Waals surface area contributed by atoms with Gasteiger partial charge in [-0.2, -0.15) is 0 Å². The summed E-state index contributed by atoms with van der Waals surface area (Å²) in [7, 11) is 0. The number of rotatable bonds is 6. The topological polar surface area (TPSA) is 98.5 Å². The Hall–Kier alpha value is -2.64. The van der Waals surface area contributed by atoms with Crippen LogP contribution in [-0.2, 0) is 9.53 Å². The molecule has 1 N–H and O–H groups in total. The van der Waals surface area contributed by atoms with Gasteiger partial charge in [-0.05, 0) is 36.8 Å². The van der Waals surface area contributed by atoms with Gasteiger partial charge < -0.3 is 10.1 Å². The molecule has 0 radical (unpaired) electrons. The van der Waals surface area contributed by atoms with Gasteiger partial charge in [0.2, 0.25) is 0 Å². The van der Waals surface area contributed by atoms with Gasteiger partial charge in [0, 0.05) is 16.1 Å². The predicted octanol–water partition coefficient (Wildman–Crippen LogP) is 3.94. The zero-order chi connectivity index (χ0) is 19.3. The highest BCUT2D eigenvalue weighted by Gasteiger charge is 2.22. The first-order valence-electron chi connectivity index (χ1n) is 7.44. The fraction of sp³-hybridized carbons (Fsp3) is 0.176. The van der Waals surface area contributed by atoms with Gasteiger partial charge in [-0.1, -0.05) is 35.3 Å². The molecule has 0 heterocycles. The van der Waals surface area contributed by atoms with E-state index in [9.17, 15) is 19.7 Å². The van der Waals surface area contributed by atoms with Crippen LogP contribution in [0.5, 0.6) is 0 Å². The van der Waals surface area contributed by atoms with E-state index in [-0.39, 0.29) is 16.6 Å². The minimum absolute atomic E-state index is 0.112. The number of ether oxygens (including phenoxy) is 1.